The summed E-state index contributed by atoms with van der Waals surface area (Å²) in [5.74, 6) is -0.371. The van der Waals surface area contributed by atoms with E-state index in [4.69, 9.17) is 18.5 Å². The second kappa shape index (κ2) is 37.1. The molecule has 0 aliphatic heterocycles. The molecular weight excluding hydrogens is 685 g/mol. The van der Waals surface area contributed by atoms with Crippen molar-refractivity contribution in [2.24, 2.45) is 0 Å². The minimum Gasteiger partial charge on any atom is -0.457 e. The standard InChI is InChI=1S/C44H80NO7P/c1-6-8-10-12-14-16-18-20-22-23-24-25-27-29-31-33-35-37-44(46)52-43(42-51-53(47,48)50-40-38-45(3,4)5)41-49-39-36-34-32-30-28-26-21-19-17-15-13-11-9-7-2/h8,10,14,16,20,22,24-25,29,31,43H,6-7,9,11-13,15,17-19,21,23,26-28,30,32-42H2,1-5H3/p+1/t43-/m1/s1. The molecule has 0 aromatic rings. The van der Waals surface area contributed by atoms with Crippen LogP contribution in [0.4, 0.5) is 0 Å². The Kier molecular flexibility index (Phi) is 35.9. The van der Waals surface area contributed by atoms with Crippen LogP contribution >= 0.6 is 7.82 Å². The maximum atomic E-state index is 12.6. The Morgan fingerprint density at radius 1 is 0.604 bits per heavy atom. The molecule has 0 rings (SSSR count). The molecule has 0 amide bonds. The summed E-state index contributed by atoms with van der Waals surface area (Å²) in [4.78, 5) is 22.8. The predicted molar refractivity (Wildman–Crippen MR) is 224 cm³/mol. The highest BCUT2D eigenvalue weighted by atomic mass is 31.2. The Balaban J connectivity index is 4.37. The average molecular weight is 767 g/mol. The first kappa shape index (κ1) is 51.2. The van der Waals surface area contributed by atoms with E-state index in [1.807, 2.05) is 21.1 Å². The van der Waals surface area contributed by atoms with Gasteiger partial charge in [0.05, 0.1) is 34.4 Å². The van der Waals surface area contributed by atoms with Gasteiger partial charge in [0.25, 0.3) is 0 Å². The number of carbonyl (C=O) groups is 1. The van der Waals surface area contributed by atoms with E-state index in [0.29, 0.717) is 24.1 Å². The molecule has 1 N–H and O–H groups in total. The summed E-state index contributed by atoms with van der Waals surface area (Å²) in [6.07, 6.45) is 45.4. The van der Waals surface area contributed by atoms with Crippen LogP contribution in [0.25, 0.3) is 0 Å². The van der Waals surface area contributed by atoms with E-state index < -0.39 is 13.9 Å². The highest BCUT2D eigenvalue weighted by Gasteiger charge is 2.26. The lowest BCUT2D eigenvalue weighted by Gasteiger charge is -2.24. The number of nitrogens with zero attached hydrogens (tertiary/aromatic N) is 1. The number of hydrogen-bond donors (Lipinski definition) is 1. The highest BCUT2D eigenvalue weighted by Crippen LogP contribution is 2.43. The lowest BCUT2D eigenvalue weighted by Crippen LogP contribution is -2.37. The summed E-state index contributed by atoms with van der Waals surface area (Å²) in [6, 6.07) is 0. The van der Waals surface area contributed by atoms with Gasteiger partial charge in [0.15, 0.2) is 0 Å². The monoisotopic (exact) mass is 767 g/mol. The zero-order chi connectivity index (χ0) is 39.1. The third-order valence-electron chi connectivity index (χ3n) is 8.59. The van der Waals surface area contributed by atoms with Crippen molar-refractivity contribution in [3.63, 3.8) is 0 Å². The van der Waals surface area contributed by atoms with Crippen molar-refractivity contribution in [1.29, 1.82) is 0 Å². The summed E-state index contributed by atoms with van der Waals surface area (Å²) < 4.78 is 34.9. The zero-order valence-electron chi connectivity index (χ0n) is 34.7. The molecule has 2 atom stereocenters. The van der Waals surface area contributed by atoms with Gasteiger partial charge in [-0.25, -0.2) is 4.57 Å². The smallest absolute Gasteiger partial charge is 0.457 e. The van der Waals surface area contributed by atoms with Gasteiger partial charge >= 0.3 is 13.8 Å². The molecule has 8 nitrogen and oxygen atoms in total. The molecule has 53 heavy (non-hydrogen) atoms. The summed E-state index contributed by atoms with van der Waals surface area (Å²) in [5, 5.41) is 0. The Morgan fingerprint density at radius 3 is 1.57 bits per heavy atom. The van der Waals surface area contributed by atoms with E-state index in [-0.39, 0.29) is 32.2 Å². The number of likely N-dealkylation sites (N-methyl/N-ethyl adjacent to an activating group) is 1. The van der Waals surface area contributed by atoms with Crippen molar-refractivity contribution in [2.45, 2.75) is 161 Å². The Morgan fingerprint density at radius 2 is 1.08 bits per heavy atom. The lowest BCUT2D eigenvalue weighted by atomic mass is 10.0. The number of rotatable bonds is 38. The molecular formula is C44H81NO7P+. The van der Waals surface area contributed by atoms with Crippen molar-refractivity contribution < 1.29 is 37.3 Å². The van der Waals surface area contributed by atoms with Gasteiger partial charge < -0.3 is 18.9 Å². The third kappa shape index (κ3) is 41.2. The molecule has 0 spiro atoms. The molecule has 0 heterocycles. The quantitative estimate of drug-likeness (QED) is 0.0220. The predicted octanol–water partition coefficient (Wildman–Crippen LogP) is 12.2. The van der Waals surface area contributed by atoms with Crippen LogP contribution in [0.15, 0.2) is 60.8 Å². The lowest BCUT2D eigenvalue weighted by molar-refractivity contribution is -0.870. The minimum atomic E-state index is -4.29. The first-order valence-corrected chi connectivity index (χ1v) is 22.5. The van der Waals surface area contributed by atoms with Crippen LogP contribution in [0.2, 0.25) is 0 Å². The van der Waals surface area contributed by atoms with Crippen LogP contribution < -0.4 is 0 Å². The van der Waals surface area contributed by atoms with E-state index in [1.54, 1.807) is 0 Å². The van der Waals surface area contributed by atoms with E-state index in [9.17, 15) is 14.3 Å². The van der Waals surface area contributed by atoms with Crippen molar-refractivity contribution >= 4 is 13.8 Å². The molecule has 308 valence electrons. The zero-order valence-corrected chi connectivity index (χ0v) is 35.6. The van der Waals surface area contributed by atoms with Gasteiger partial charge in [-0.05, 0) is 51.4 Å². The first-order chi connectivity index (χ1) is 25.6. The van der Waals surface area contributed by atoms with Crippen LogP contribution in [-0.2, 0) is 27.9 Å². The Labute approximate surface area is 326 Å². The van der Waals surface area contributed by atoms with Gasteiger partial charge in [-0.1, -0.05) is 158 Å². The van der Waals surface area contributed by atoms with E-state index in [0.717, 1.165) is 51.4 Å². The molecule has 0 aromatic heterocycles. The number of esters is 1. The third-order valence-corrected chi connectivity index (χ3v) is 9.58. The largest absolute Gasteiger partial charge is 0.472 e. The number of ether oxygens (including phenoxy) is 2. The number of phosphoric acid groups is 1. The van der Waals surface area contributed by atoms with Gasteiger partial charge in [0.2, 0.25) is 0 Å². The Bertz CT molecular complexity index is 1030. The fraction of sp³-hybridized carbons (Fsp3) is 0.750. The number of unbranched alkanes of at least 4 members (excludes halogenated alkanes) is 14. The molecule has 0 radical (unpaired) electrons. The van der Waals surface area contributed by atoms with Crippen LogP contribution in [0.1, 0.15) is 155 Å². The topological polar surface area (TPSA) is 91.3 Å². The first-order valence-electron chi connectivity index (χ1n) is 21.0. The van der Waals surface area contributed by atoms with Crippen molar-refractivity contribution in [1.82, 2.24) is 0 Å². The van der Waals surface area contributed by atoms with Gasteiger partial charge in [-0.3, -0.25) is 13.8 Å². The van der Waals surface area contributed by atoms with Crippen molar-refractivity contribution in [3.05, 3.63) is 60.8 Å². The fourth-order valence-corrected chi connectivity index (χ4v) is 6.09. The maximum Gasteiger partial charge on any atom is 0.472 e. The molecule has 9 heteroatoms. The SMILES string of the molecule is CCC=CCC=CCC=CCC=CCC=CCCCC(=O)O[C@H](COCCCCCCCCCCCCCCCC)COP(=O)(O)OCC[N+](C)(C)C. The summed E-state index contributed by atoms with van der Waals surface area (Å²) in [5.41, 5.74) is 0. The van der Waals surface area contributed by atoms with Crippen LogP contribution in [0.5, 0.6) is 0 Å². The van der Waals surface area contributed by atoms with E-state index >= 15 is 0 Å². The maximum absolute atomic E-state index is 12.6. The van der Waals surface area contributed by atoms with Gasteiger partial charge in [-0.2, -0.15) is 0 Å². The van der Waals surface area contributed by atoms with Crippen LogP contribution in [-0.4, -0.2) is 75.6 Å². The van der Waals surface area contributed by atoms with Crippen LogP contribution in [0.3, 0.4) is 0 Å². The van der Waals surface area contributed by atoms with Crippen LogP contribution in [0, 0.1) is 0 Å². The normalized spacial score (nSPS) is 14.5. The average Bonchev–Trinajstić information content (AvgIpc) is 3.11. The summed E-state index contributed by atoms with van der Waals surface area (Å²) >= 11 is 0. The van der Waals surface area contributed by atoms with Crippen molar-refractivity contribution in [3.8, 4) is 0 Å². The Hall–Kier alpha value is -1.80. The fourth-order valence-electron chi connectivity index (χ4n) is 5.35. The van der Waals surface area contributed by atoms with Gasteiger partial charge in [0.1, 0.15) is 19.3 Å². The van der Waals surface area contributed by atoms with Gasteiger partial charge in [0, 0.05) is 13.0 Å². The molecule has 0 aromatic carbocycles. The highest BCUT2D eigenvalue weighted by molar-refractivity contribution is 7.47. The molecule has 0 aliphatic rings. The number of carbonyl (C=O) groups excluding carboxylic acids is 1. The molecule has 0 saturated heterocycles. The second-order valence-corrected chi connectivity index (χ2v) is 16.4. The van der Waals surface area contributed by atoms with Gasteiger partial charge in [-0.15, -0.1) is 0 Å². The number of quaternary nitrogens is 1. The summed E-state index contributed by atoms with van der Waals surface area (Å²) in [7, 11) is 1.63. The molecule has 0 bridgehead atoms. The molecule has 0 aliphatic carbocycles. The molecule has 0 fully saturated rings. The number of hydrogen-bond acceptors (Lipinski definition) is 6. The molecule has 1 unspecified atom stereocenters. The summed E-state index contributed by atoms with van der Waals surface area (Å²) in [6.45, 7) is 5.43. The number of phosphoric ester groups is 1. The minimum absolute atomic E-state index is 0.0765. The van der Waals surface area contributed by atoms with Crippen molar-refractivity contribution in [2.75, 3.05) is 54.1 Å². The number of allylic oxidation sites excluding steroid dienone is 10. The van der Waals surface area contributed by atoms with E-state index in [2.05, 4.69) is 74.6 Å². The van der Waals surface area contributed by atoms with E-state index in [1.165, 1.54) is 77.0 Å². The second-order valence-electron chi connectivity index (χ2n) is 15.0. The molecule has 0 saturated carbocycles.